The van der Waals surface area contributed by atoms with E-state index >= 15 is 0 Å². The Morgan fingerprint density at radius 3 is 2.18 bits per heavy atom. The van der Waals surface area contributed by atoms with Crippen molar-refractivity contribution in [3.8, 4) is 5.75 Å². The fourth-order valence-electron chi connectivity index (χ4n) is 4.33. The normalized spacial score (nSPS) is 16.4. The highest BCUT2D eigenvalue weighted by molar-refractivity contribution is 6.35. The maximum Gasteiger partial charge on any atom is 0.278 e. The number of hydrogen-bond donors (Lipinski definition) is 0. The number of carbonyl (C=O) groups excluding carboxylic acids is 2. The smallest absolute Gasteiger partial charge is 0.278 e. The average Bonchev–Trinajstić information content (AvgIpc) is 3.14. The summed E-state index contributed by atoms with van der Waals surface area (Å²) in [6.45, 7) is 2.49. The van der Waals surface area contributed by atoms with Crippen molar-refractivity contribution in [1.29, 1.82) is 0 Å². The molecule has 1 fully saturated rings. The SMILES string of the molecule is COc1ccccc1C1=C(N2CCN(c3ncccn3)CC2)C(=O)N(Cc2ccccn2)C1=O. The second-order valence-corrected chi connectivity index (χ2v) is 7.96. The van der Waals surface area contributed by atoms with Gasteiger partial charge in [-0.05, 0) is 24.3 Å². The Morgan fingerprint density at radius 2 is 1.47 bits per heavy atom. The largest absolute Gasteiger partial charge is 0.496 e. The zero-order valence-corrected chi connectivity index (χ0v) is 18.8. The summed E-state index contributed by atoms with van der Waals surface area (Å²) in [5.74, 6) is 0.545. The molecule has 3 aromatic rings. The Morgan fingerprint density at radius 1 is 0.794 bits per heavy atom. The van der Waals surface area contributed by atoms with Gasteiger partial charge in [0.2, 0.25) is 5.95 Å². The molecule has 2 aromatic heterocycles. The lowest BCUT2D eigenvalue weighted by Crippen LogP contribution is -2.48. The van der Waals surface area contributed by atoms with Crippen molar-refractivity contribution in [2.45, 2.75) is 6.54 Å². The van der Waals surface area contributed by atoms with Crippen LogP contribution < -0.4 is 9.64 Å². The summed E-state index contributed by atoms with van der Waals surface area (Å²) < 4.78 is 5.53. The molecule has 2 aliphatic rings. The van der Waals surface area contributed by atoms with E-state index in [1.807, 2.05) is 29.2 Å². The number of piperazine rings is 1. The molecular formula is C25H24N6O3. The van der Waals surface area contributed by atoms with Crippen LogP contribution in [-0.2, 0) is 16.1 Å². The number of aromatic nitrogens is 3. The van der Waals surface area contributed by atoms with Crippen LogP contribution in [0.25, 0.3) is 5.57 Å². The number of para-hydroxylation sites is 1. The van der Waals surface area contributed by atoms with E-state index in [4.69, 9.17) is 4.74 Å². The molecule has 0 bridgehead atoms. The molecule has 9 heteroatoms. The first-order valence-corrected chi connectivity index (χ1v) is 11.1. The average molecular weight is 457 g/mol. The first kappa shape index (κ1) is 21.6. The number of ether oxygens (including phenoxy) is 1. The number of anilines is 1. The van der Waals surface area contributed by atoms with Gasteiger partial charge in [0.15, 0.2) is 0 Å². The van der Waals surface area contributed by atoms with Crippen molar-refractivity contribution in [1.82, 2.24) is 24.8 Å². The first-order chi connectivity index (χ1) is 16.7. The third-order valence-corrected chi connectivity index (χ3v) is 6.00. The van der Waals surface area contributed by atoms with Gasteiger partial charge in [0.1, 0.15) is 11.4 Å². The molecule has 2 aliphatic heterocycles. The van der Waals surface area contributed by atoms with E-state index in [1.165, 1.54) is 4.90 Å². The summed E-state index contributed by atoms with van der Waals surface area (Å²) in [6.07, 6.45) is 5.08. The minimum atomic E-state index is -0.344. The van der Waals surface area contributed by atoms with Gasteiger partial charge in [-0.2, -0.15) is 0 Å². The molecule has 0 atom stereocenters. The van der Waals surface area contributed by atoms with E-state index in [-0.39, 0.29) is 18.4 Å². The van der Waals surface area contributed by atoms with Crippen LogP contribution in [0.4, 0.5) is 5.95 Å². The molecule has 2 amide bonds. The third-order valence-electron chi connectivity index (χ3n) is 6.00. The van der Waals surface area contributed by atoms with E-state index < -0.39 is 0 Å². The van der Waals surface area contributed by atoms with Crippen LogP contribution in [0, 0.1) is 0 Å². The highest BCUT2D eigenvalue weighted by Gasteiger charge is 2.43. The number of pyridine rings is 1. The van der Waals surface area contributed by atoms with Crippen LogP contribution in [0.3, 0.4) is 0 Å². The Kier molecular flexibility index (Phi) is 5.90. The lowest BCUT2D eigenvalue weighted by atomic mass is 10.0. The quantitative estimate of drug-likeness (QED) is 0.520. The van der Waals surface area contributed by atoms with Gasteiger partial charge >= 0.3 is 0 Å². The zero-order chi connectivity index (χ0) is 23.5. The Balaban J connectivity index is 1.49. The Labute approximate surface area is 197 Å². The van der Waals surface area contributed by atoms with Crippen LogP contribution in [0.2, 0.25) is 0 Å². The molecule has 0 aliphatic carbocycles. The van der Waals surface area contributed by atoms with Gasteiger partial charge in [-0.15, -0.1) is 0 Å². The molecule has 0 unspecified atom stereocenters. The van der Waals surface area contributed by atoms with Crippen LogP contribution in [-0.4, -0.2) is 69.9 Å². The summed E-state index contributed by atoms with van der Waals surface area (Å²) in [5, 5.41) is 0. The van der Waals surface area contributed by atoms with Crippen molar-refractivity contribution < 1.29 is 14.3 Å². The molecular weight excluding hydrogens is 432 g/mol. The molecule has 0 spiro atoms. The van der Waals surface area contributed by atoms with Gasteiger partial charge in [-0.25, -0.2) is 9.97 Å². The van der Waals surface area contributed by atoms with Gasteiger partial charge in [0.05, 0.1) is 24.9 Å². The van der Waals surface area contributed by atoms with Crippen molar-refractivity contribution in [3.05, 3.63) is 84.1 Å². The first-order valence-electron chi connectivity index (χ1n) is 11.1. The Bertz CT molecular complexity index is 1220. The topological polar surface area (TPSA) is 91.8 Å². The van der Waals surface area contributed by atoms with Crippen molar-refractivity contribution in [2.24, 2.45) is 0 Å². The summed E-state index contributed by atoms with van der Waals surface area (Å²) >= 11 is 0. The van der Waals surface area contributed by atoms with Crippen molar-refractivity contribution in [2.75, 3.05) is 38.2 Å². The fraction of sp³-hybridized carbons (Fsp3) is 0.240. The number of methoxy groups -OCH3 is 1. The molecule has 34 heavy (non-hydrogen) atoms. The number of carbonyl (C=O) groups is 2. The fourth-order valence-corrected chi connectivity index (χ4v) is 4.33. The van der Waals surface area contributed by atoms with Gasteiger partial charge in [-0.3, -0.25) is 19.5 Å². The van der Waals surface area contributed by atoms with E-state index in [0.29, 0.717) is 60.4 Å². The summed E-state index contributed by atoms with van der Waals surface area (Å²) in [5.41, 5.74) is 2.02. The minimum absolute atomic E-state index is 0.110. The zero-order valence-electron chi connectivity index (χ0n) is 18.8. The summed E-state index contributed by atoms with van der Waals surface area (Å²) in [4.78, 5) is 45.6. The number of rotatable bonds is 6. The summed E-state index contributed by atoms with van der Waals surface area (Å²) in [6, 6.07) is 14.5. The van der Waals surface area contributed by atoms with Gasteiger partial charge in [0.25, 0.3) is 11.8 Å². The number of benzene rings is 1. The van der Waals surface area contributed by atoms with Crippen LogP contribution in [0.5, 0.6) is 5.75 Å². The highest BCUT2D eigenvalue weighted by atomic mass is 16.5. The summed E-state index contributed by atoms with van der Waals surface area (Å²) in [7, 11) is 1.56. The molecule has 172 valence electrons. The minimum Gasteiger partial charge on any atom is -0.496 e. The second-order valence-electron chi connectivity index (χ2n) is 7.96. The second kappa shape index (κ2) is 9.30. The molecule has 0 saturated carbocycles. The molecule has 1 saturated heterocycles. The van der Waals surface area contributed by atoms with Crippen molar-refractivity contribution >= 4 is 23.3 Å². The van der Waals surface area contributed by atoms with Crippen LogP contribution >= 0.6 is 0 Å². The lowest BCUT2D eigenvalue weighted by molar-refractivity contribution is -0.138. The maximum atomic E-state index is 13.7. The predicted molar refractivity (Wildman–Crippen MR) is 126 cm³/mol. The van der Waals surface area contributed by atoms with E-state index in [9.17, 15) is 9.59 Å². The number of imide groups is 1. The Hall–Kier alpha value is -4.27. The number of nitrogens with zero attached hydrogens (tertiary/aromatic N) is 6. The molecule has 0 radical (unpaired) electrons. The predicted octanol–water partition coefficient (Wildman–Crippen LogP) is 1.98. The monoisotopic (exact) mass is 456 g/mol. The van der Waals surface area contributed by atoms with E-state index in [1.54, 1.807) is 50.0 Å². The third kappa shape index (κ3) is 3.96. The van der Waals surface area contributed by atoms with Gasteiger partial charge in [-0.1, -0.05) is 24.3 Å². The standard InChI is InChI=1S/C25H24N6O3/c1-34-20-9-3-2-8-19(20)21-22(24(33)31(23(21)32)17-18-7-4-5-10-26-18)29-13-15-30(16-14-29)25-27-11-6-12-28-25/h2-12H,13-17H2,1H3. The van der Waals surface area contributed by atoms with Crippen LogP contribution in [0.1, 0.15) is 11.3 Å². The van der Waals surface area contributed by atoms with E-state index in [0.717, 1.165) is 0 Å². The molecule has 5 rings (SSSR count). The van der Waals surface area contributed by atoms with E-state index in [2.05, 4.69) is 19.9 Å². The van der Waals surface area contributed by atoms with Crippen molar-refractivity contribution in [3.63, 3.8) is 0 Å². The van der Waals surface area contributed by atoms with Gasteiger partial charge in [0, 0.05) is 50.3 Å². The lowest BCUT2D eigenvalue weighted by Gasteiger charge is -2.36. The highest BCUT2D eigenvalue weighted by Crippen LogP contribution is 2.37. The van der Waals surface area contributed by atoms with Crippen LogP contribution in [0.15, 0.2) is 72.8 Å². The molecule has 0 N–H and O–H groups in total. The van der Waals surface area contributed by atoms with Gasteiger partial charge < -0.3 is 14.5 Å². The maximum absolute atomic E-state index is 13.7. The number of hydrogen-bond acceptors (Lipinski definition) is 8. The molecule has 4 heterocycles. The number of amides is 2. The molecule has 9 nitrogen and oxygen atoms in total. The molecule has 1 aromatic carbocycles.